The number of rotatable bonds is 5. The van der Waals surface area contributed by atoms with E-state index in [1.165, 1.54) is 10.5 Å². The van der Waals surface area contributed by atoms with E-state index in [9.17, 15) is 4.79 Å². The lowest BCUT2D eigenvalue weighted by atomic mass is 10.1. The Balaban J connectivity index is 2.58. The summed E-state index contributed by atoms with van der Waals surface area (Å²) in [5, 5.41) is 2.66. The molecule has 0 heterocycles. The van der Waals surface area contributed by atoms with Gasteiger partial charge in [-0.1, -0.05) is 18.2 Å². The molecular formula is C10H13NOS. The first-order valence-electron chi connectivity index (χ1n) is 4.17. The van der Waals surface area contributed by atoms with Gasteiger partial charge in [0.1, 0.15) is 0 Å². The molecule has 13 heavy (non-hydrogen) atoms. The Bertz CT molecular complexity index is 275. The minimum Gasteiger partial charge on any atom is -0.358 e. The summed E-state index contributed by atoms with van der Waals surface area (Å²) in [5.41, 5.74) is 1.30. The van der Waals surface area contributed by atoms with Crippen LogP contribution in [0.15, 0.2) is 29.2 Å². The summed E-state index contributed by atoms with van der Waals surface area (Å²) in [7, 11) is 0. The molecule has 1 rings (SSSR count). The molecule has 0 bridgehead atoms. The molecule has 0 unspecified atom stereocenters. The van der Waals surface area contributed by atoms with Gasteiger partial charge in [-0.2, -0.15) is 0 Å². The van der Waals surface area contributed by atoms with Crippen molar-refractivity contribution in [2.24, 2.45) is 0 Å². The number of hydrogen-bond donors (Lipinski definition) is 1. The smallest absolute Gasteiger partial charge is 0.207 e. The Labute approximate surface area is 82.7 Å². The molecule has 0 spiro atoms. The van der Waals surface area contributed by atoms with Gasteiger partial charge in [0, 0.05) is 11.4 Å². The predicted molar refractivity (Wildman–Crippen MR) is 56.0 cm³/mol. The summed E-state index contributed by atoms with van der Waals surface area (Å²) < 4.78 is 0. The maximum absolute atomic E-state index is 10.0. The molecule has 70 valence electrons. The summed E-state index contributed by atoms with van der Waals surface area (Å²) in [6.07, 6.45) is 3.70. The number of amides is 1. The summed E-state index contributed by atoms with van der Waals surface area (Å²) >= 11 is 1.74. The van der Waals surface area contributed by atoms with Crippen LogP contribution in [-0.2, 0) is 11.2 Å². The zero-order valence-electron chi connectivity index (χ0n) is 7.62. The van der Waals surface area contributed by atoms with E-state index in [0.29, 0.717) is 6.54 Å². The molecule has 1 aromatic carbocycles. The summed E-state index contributed by atoms with van der Waals surface area (Å²) in [6.45, 7) is 0.709. The van der Waals surface area contributed by atoms with E-state index in [-0.39, 0.29) is 0 Å². The average molecular weight is 195 g/mol. The fourth-order valence-corrected chi connectivity index (χ4v) is 1.82. The molecule has 0 saturated heterocycles. The highest BCUT2D eigenvalue weighted by Gasteiger charge is 1.98. The van der Waals surface area contributed by atoms with Gasteiger partial charge in [-0.15, -0.1) is 11.8 Å². The molecule has 0 aliphatic rings. The highest BCUT2D eigenvalue weighted by molar-refractivity contribution is 7.98. The van der Waals surface area contributed by atoms with Crippen LogP contribution in [0.3, 0.4) is 0 Å². The molecule has 3 heteroatoms. The summed E-state index contributed by atoms with van der Waals surface area (Å²) in [4.78, 5) is 11.3. The highest BCUT2D eigenvalue weighted by Crippen LogP contribution is 2.19. The number of carbonyl (C=O) groups excluding carboxylic acids is 1. The average Bonchev–Trinajstić information content (AvgIpc) is 2.19. The third kappa shape index (κ3) is 3.11. The predicted octanol–water partition coefficient (Wildman–Crippen LogP) is 1.70. The van der Waals surface area contributed by atoms with Gasteiger partial charge in [-0.25, -0.2) is 0 Å². The van der Waals surface area contributed by atoms with Crippen LogP contribution in [0.5, 0.6) is 0 Å². The summed E-state index contributed by atoms with van der Waals surface area (Å²) in [6, 6.07) is 8.25. The Morgan fingerprint density at radius 3 is 2.92 bits per heavy atom. The molecule has 0 saturated carbocycles. The number of hydrogen-bond acceptors (Lipinski definition) is 2. The van der Waals surface area contributed by atoms with Gasteiger partial charge < -0.3 is 5.32 Å². The quantitative estimate of drug-likeness (QED) is 0.440. The fraction of sp³-hybridized carbons (Fsp3) is 0.300. The van der Waals surface area contributed by atoms with Crippen molar-refractivity contribution in [1.82, 2.24) is 5.32 Å². The second kappa shape index (κ2) is 5.65. The largest absolute Gasteiger partial charge is 0.358 e. The Morgan fingerprint density at radius 2 is 2.23 bits per heavy atom. The lowest BCUT2D eigenvalue weighted by molar-refractivity contribution is -0.109. The maximum Gasteiger partial charge on any atom is 0.207 e. The van der Waals surface area contributed by atoms with Gasteiger partial charge in [0.15, 0.2) is 0 Å². The third-order valence-corrected chi connectivity index (χ3v) is 2.65. The number of carbonyl (C=O) groups is 1. The van der Waals surface area contributed by atoms with Gasteiger partial charge in [-0.05, 0) is 24.3 Å². The molecule has 2 nitrogen and oxygen atoms in total. The Kier molecular flexibility index (Phi) is 4.40. The second-order valence-electron chi connectivity index (χ2n) is 2.63. The molecule has 0 aliphatic heterocycles. The van der Waals surface area contributed by atoms with Crippen molar-refractivity contribution in [2.75, 3.05) is 12.8 Å². The van der Waals surface area contributed by atoms with Gasteiger partial charge in [0.05, 0.1) is 0 Å². The van der Waals surface area contributed by atoms with Gasteiger partial charge in [0.25, 0.3) is 0 Å². The van der Waals surface area contributed by atoms with Crippen LogP contribution < -0.4 is 5.32 Å². The van der Waals surface area contributed by atoms with E-state index < -0.39 is 0 Å². The first kappa shape index (κ1) is 10.1. The summed E-state index contributed by atoms with van der Waals surface area (Å²) in [5.74, 6) is 0. The van der Waals surface area contributed by atoms with Crippen LogP contribution in [-0.4, -0.2) is 19.2 Å². The maximum atomic E-state index is 10.0. The molecule has 0 atom stereocenters. The van der Waals surface area contributed by atoms with Gasteiger partial charge in [0.2, 0.25) is 6.41 Å². The number of benzene rings is 1. The molecule has 1 amide bonds. The minimum atomic E-state index is 0.709. The molecular weight excluding hydrogens is 182 g/mol. The van der Waals surface area contributed by atoms with Crippen LogP contribution >= 0.6 is 11.8 Å². The topological polar surface area (TPSA) is 29.1 Å². The number of nitrogens with one attached hydrogen (secondary N) is 1. The molecule has 1 N–H and O–H groups in total. The van der Waals surface area contributed by atoms with Gasteiger partial charge in [-0.3, -0.25) is 4.79 Å². The van der Waals surface area contributed by atoms with Crippen LogP contribution in [0.1, 0.15) is 5.56 Å². The normalized spacial score (nSPS) is 9.62. The van der Waals surface area contributed by atoms with Gasteiger partial charge >= 0.3 is 0 Å². The molecule has 1 aromatic rings. The van der Waals surface area contributed by atoms with Crippen LogP contribution in [0.4, 0.5) is 0 Å². The second-order valence-corrected chi connectivity index (χ2v) is 3.48. The molecule has 0 fully saturated rings. The van der Waals surface area contributed by atoms with E-state index in [1.54, 1.807) is 11.8 Å². The van der Waals surface area contributed by atoms with Crippen LogP contribution in [0.25, 0.3) is 0 Å². The van der Waals surface area contributed by atoms with E-state index in [4.69, 9.17) is 0 Å². The zero-order valence-corrected chi connectivity index (χ0v) is 8.43. The van der Waals surface area contributed by atoms with Crippen molar-refractivity contribution >= 4 is 18.2 Å². The molecule has 0 radical (unpaired) electrons. The zero-order chi connectivity index (χ0) is 9.52. The standard InChI is InChI=1S/C10H13NOS/c1-13-10-5-3-2-4-9(10)6-7-11-8-12/h2-5,8H,6-7H2,1H3,(H,11,12). The van der Waals surface area contributed by atoms with E-state index >= 15 is 0 Å². The Hall–Kier alpha value is -0.960. The fourth-order valence-electron chi connectivity index (χ4n) is 1.18. The van der Waals surface area contributed by atoms with E-state index in [1.807, 2.05) is 12.1 Å². The first-order valence-corrected chi connectivity index (χ1v) is 5.40. The van der Waals surface area contributed by atoms with E-state index in [0.717, 1.165) is 12.8 Å². The van der Waals surface area contributed by atoms with Crippen molar-refractivity contribution in [1.29, 1.82) is 0 Å². The van der Waals surface area contributed by atoms with Crippen LogP contribution in [0.2, 0.25) is 0 Å². The van der Waals surface area contributed by atoms with Crippen molar-refractivity contribution in [2.45, 2.75) is 11.3 Å². The SMILES string of the molecule is CSc1ccccc1CCNC=O. The highest BCUT2D eigenvalue weighted by atomic mass is 32.2. The number of thioether (sulfide) groups is 1. The molecule has 0 aliphatic carbocycles. The van der Waals surface area contributed by atoms with Crippen molar-refractivity contribution in [3.05, 3.63) is 29.8 Å². The Morgan fingerprint density at radius 1 is 1.46 bits per heavy atom. The lowest BCUT2D eigenvalue weighted by Gasteiger charge is -2.05. The minimum absolute atomic E-state index is 0.709. The van der Waals surface area contributed by atoms with Crippen LogP contribution in [0, 0.1) is 0 Å². The van der Waals surface area contributed by atoms with Crippen molar-refractivity contribution < 1.29 is 4.79 Å². The first-order chi connectivity index (χ1) is 6.38. The van der Waals surface area contributed by atoms with E-state index in [2.05, 4.69) is 23.7 Å². The van der Waals surface area contributed by atoms with Crippen molar-refractivity contribution in [3.8, 4) is 0 Å². The third-order valence-electron chi connectivity index (χ3n) is 1.81. The molecule has 0 aromatic heterocycles. The lowest BCUT2D eigenvalue weighted by Crippen LogP contribution is -2.14. The van der Waals surface area contributed by atoms with Crippen molar-refractivity contribution in [3.63, 3.8) is 0 Å². The monoisotopic (exact) mass is 195 g/mol.